The van der Waals surface area contributed by atoms with Crippen LogP contribution in [0, 0.1) is 27.6 Å². The highest BCUT2D eigenvalue weighted by Gasteiger charge is 2.17. The molecule has 0 spiro atoms. The highest BCUT2D eigenvalue weighted by molar-refractivity contribution is 9.08. The van der Waals surface area contributed by atoms with Crippen LogP contribution in [0.2, 0.25) is 0 Å². The first-order valence-electron chi connectivity index (χ1n) is 5.67. The average molecular weight is 361 g/mol. The molecule has 2 rings (SSSR count). The van der Waals surface area contributed by atoms with Gasteiger partial charge in [0.2, 0.25) is 0 Å². The van der Waals surface area contributed by atoms with Gasteiger partial charge in [-0.25, -0.2) is 13.2 Å². The number of hydrogen-bond acceptors (Lipinski definition) is 3. The summed E-state index contributed by atoms with van der Waals surface area (Å²) in [6.45, 7) is 0. The van der Waals surface area contributed by atoms with E-state index in [4.69, 9.17) is 0 Å². The zero-order valence-electron chi connectivity index (χ0n) is 10.4. The zero-order chi connectivity index (χ0) is 15.6. The molecule has 0 fully saturated rings. The summed E-state index contributed by atoms with van der Waals surface area (Å²) in [4.78, 5) is 9.96. The van der Waals surface area contributed by atoms with Crippen molar-refractivity contribution in [1.29, 1.82) is 0 Å². The van der Waals surface area contributed by atoms with E-state index in [1.807, 2.05) is 0 Å². The molecular formula is C13H8BrF3N2O2. The second-order valence-corrected chi connectivity index (χ2v) is 4.66. The van der Waals surface area contributed by atoms with Crippen molar-refractivity contribution in [3.8, 4) is 0 Å². The zero-order valence-corrected chi connectivity index (χ0v) is 12.0. The fourth-order valence-corrected chi connectivity index (χ4v) is 2.17. The normalized spacial score (nSPS) is 10.5. The molecule has 8 heteroatoms. The number of alkyl halides is 1. The number of nitro benzene ring substituents is 1. The lowest BCUT2D eigenvalue weighted by atomic mass is 10.1. The molecule has 0 saturated heterocycles. The van der Waals surface area contributed by atoms with Crippen molar-refractivity contribution in [2.45, 2.75) is 5.33 Å². The Kier molecular flexibility index (Phi) is 4.46. The van der Waals surface area contributed by atoms with Crippen LogP contribution in [0.15, 0.2) is 30.3 Å². The number of nitrogens with one attached hydrogen (secondary N) is 1. The van der Waals surface area contributed by atoms with E-state index in [1.165, 1.54) is 6.07 Å². The molecule has 110 valence electrons. The van der Waals surface area contributed by atoms with Gasteiger partial charge in [0.25, 0.3) is 5.69 Å². The fourth-order valence-electron chi connectivity index (χ4n) is 1.72. The highest BCUT2D eigenvalue weighted by Crippen LogP contribution is 2.31. The number of non-ortho nitro benzene ring substituents is 1. The molecule has 0 aliphatic carbocycles. The molecule has 0 saturated carbocycles. The third-order valence-electron chi connectivity index (χ3n) is 2.70. The summed E-state index contributed by atoms with van der Waals surface area (Å²) >= 11 is 3.09. The third-order valence-corrected chi connectivity index (χ3v) is 3.31. The van der Waals surface area contributed by atoms with E-state index in [9.17, 15) is 23.3 Å². The van der Waals surface area contributed by atoms with Gasteiger partial charge in [-0.2, -0.15) is 0 Å². The molecule has 2 aromatic rings. The van der Waals surface area contributed by atoms with Gasteiger partial charge in [-0.05, 0) is 17.7 Å². The summed E-state index contributed by atoms with van der Waals surface area (Å²) in [5.41, 5.74) is -0.410. The fraction of sp³-hybridized carbons (Fsp3) is 0.0769. The lowest BCUT2D eigenvalue weighted by molar-refractivity contribution is -0.385. The van der Waals surface area contributed by atoms with Crippen LogP contribution in [0.25, 0.3) is 0 Å². The highest BCUT2D eigenvalue weighted by atomic mass is 79.9. The summed E-state index contributed by atoms with van der Waals surface area (Å²) in [5.74, 6) is -2.56. The molecule has 0 aliphatic heterocycles. The standard InChI is InChI=1S/C13H8BrF3N2O2/c14-6-7-3-9(19(20)21)5-11(17)13(7)18-12-2-1-8(15)4-10(12)16/h1-5,18H,6H2. The minimum Gasteiger partial charge on any atom is -0.350 e. The molecule has 0 atom stereocenters. The predicted octanol–water partition coefficient (Wildman–Crippen LogP) is 4.65. The number of halogens is 4. The van der Waals surface area contributed by atoms with Crippen molar-refractivity contribution in [3.05, 3.63) is 63.5 Å². The largest absolute Gasteiger partial charge is 0.350 e. The molecule has 0 amide bonds. The van der Waals surface area contributed by atoms with Gasteiger partial charge in [0, 0.05) is 17.5 Å². The predicted molar refractivity (Wildman–Crippen MR) is 75.3 cm³/mol. The SMILES string of the molecule is O=[N+]([O-])c1cc(F)c(Nc2ccc(F)cc2F)c(CBr)c1. The molecule has 4 nitrogen and oxygen atoms in total. The summed E-state index contributed by atoms with van der Waals surface area (Å²) in [5, 5.41) is 13.3. The van der Waals surface area contributed by atoms with Gasteiger partial charge in [0.05, 0.1) is 22.4 Å². The Balaban J connectivity index is 2.46. The molecule has 0 aromatic heterocycles. The van der Waals surface area contributed by atoms with E-state index in [-0.39, 0.29) is 22.3 Å². The van der Waals surface area contributed by atoms with Crippen molar-refractivity contribution in [3.63, 3.8) is 0 Å². The van der Waals surface area contributed by atoms with Crippen LogP contribution in [0.5, 0.6) is 0 Å². The van der Waals surface area contributed by atoms with Gasteiger partial charge in [0.15, 0.2) is 5.82 Å². The first-order valence-corrected chi connectivity index (χ1v) is 6.79. The van der Waals surface area contributed by atoms with Crippen molar-refractivity contribution < 1.29 is 18.1 Å². The second kappa shape index (κ2) is 6.13. The van der Waals surface area contributed by atoms with Crippen LogP contribution in [-0.2, 0) is 5.33 Å². The maximum atomic E-state index is 14.0. The molecule has 1 N–H and O–H groups in total. The number of nitro groups is 1. The lowest BCUT2D eigenvalue weighted by Crippen LogP contribution is -2.02. The summed E-state index contributed by atoms with van der Waals surface area (Å²) in [7, 11) is 0. The number of benzene rings is 2. The quantitative estimate of drug-likeness (QED) is 0.490. The number of hydrogen-bond donors (Lipinski definition) is 1. The van der Waals surface area contributed by atoms with E-state index >= 15 is 0 Å². The molecule has 0 radical (unpaired) electrons. The first-order chi connectivity index (χ1) is 9.92. The summed E-state index contributed by atoms with van der Waals surface area (Å²) in [6, 6.07) is 4.68. The molecule has 21 heavy (non-hydrogen) atoms. The molecule has 2 aromatic carbocycles. The molecule has 0 bridgehead atoms. The third kappa shape index (κ3) is 3.33. The summed E-state index contributed by atoms with van der Waals surface area (Å²) < 4.78 is 40.4. The Morgan fingerprint density at radius 2 is 1.86 bits per heavy atom. The summed E-state index contributed by atoms with van der Waals surface area (Å²) in [6.07, 6.45) is 0. The van der Waals surface area contributed by atoms with Gasteiger partial charge in [-0.15, -0.1) is 0 Å². The Morgan fingerprint density at radius 1 is 1.14 bits per heavy atom. The molecule has 0 unspecified atom stereocenters. The maximum Gasteiger partial charge on any atom is 0.272 e. The van der Waals surface area contributed by atoms with Crippen molar-refractivity contribution in [2.75, 3.05) is 5.32 Å². The molecular weight excluding hydrogens is 353 g/mol. The van der Waals surface area contributed by atoms with Crippen molar-refractivity contribution in [1.82, 2.24) is 0 Å². The first kappa shape index (κ1) is 15.3. The Hall–Kier alpha value is -2.09. The molecule has 0 aliphatic rings. The van der Waals surface area contributed by atoms with Gasteiger partial charge in [-0.1, -0.05) is 15.9 Å². The van der Waals surface area contributed by atoms with Crippen LogP contribution in [0.3, 0.4) is 0 Å². The van der Waals surface area contributed by atoms with Gasteiger partial charge < -0.3 is 5.32 Å². The Labute approximate surface area is 125 Å². The van der Waals surface area contributed by atoms with E-state index in [2.05, 4.69) is 21.2 Å². The average Bonchev–Trinajstić information content (AvgIpc) is 2.42. The topological polar surface area (TPSA) is 55.2 Å². The lowest BCUT2D eigenvalue weighted by Gasteiger charge is -2.12. The van der Waals surface area contributed by atoms with E-state index < -0.39 is 28.1 Å². The minimum absolute atomic E-state index is 0.108. The van der Waals surface area contributed by atoms with E-state index in [0.717, 1.165) is 18.2 Å². The molecule has 0 heterocycles. The van der Waals surface area contributed by atoms with Crippen LogP contribution in [-0.4, -0.2) is 4.92 Å². The second-order valence-electron chi connectivity index (χ2n) is 4.10. The van der Waals surface area contributed by atoms with Crippen LogP contribution < -0.4 is 5.32 Å². The number of anilines is 2. The van der Waals surface area contributed by atoms with Crippen LogP contribution in [0.4, 0.5) is 30.2 Å². The van der Waals surface area contributed by atoms with Crippen molar-refractivity contribution >= 4 is 33.0 Å². The van der Waals surface area contributed by atoms with Gasteiger partial charge >= 0.3 is 0 Å². The Morgan fingerprint density at radius 3 is 2.43 bits per heavy atom. The maximum absolute atomic E-state index is 14.0. The van der Waals surface area contributed by atoms with E-state index in [0.29, 0.717) is 6.07 Å². The van der Waals surface area contributed by atoms with Crippen LogP contribution in [0.1, 0.15) is 5.56 Å². The minimum atomic E-state index is -0.901. The Bertz CT molecular complexity index is 710. The van der Waals surface area contributed by atoms with Crippen LogP contribution >= 0.6 is 15.9 Å². The van der Waals surface area contributed by atoms with Crippen molar-refractivity contribution in [2.24, 2.45) is 0 Å². The monoisotopic (exact) mass is 360 g/mol. The number of nitrogens with zero attached hydrogens (tertiary/aromatic N) is 1. The van der Waals surface area contributed by atoms with E-state index in [1.54, 1.807) is 0 Å². The smallest absolute Gasteiger partial charge is 0.272 e. The van der Waals surface area contributed by atoms with Gasteiger partial charge in [0.1, 0.15) is 11.6 Å². The van der Waals surface area contributed by atoms with Gasteiger partial charge in [-0.3, -0.25) is 10.1 Å². The number of rotatable bonds is 4.